The second-order valence-corrected chi connectivity index (χ2v) is 10.0. The summed E-state index contributed by atoms with van der Waals surface area (Å²) in [6.45, 7) is 19.5. The third-order valence-corrected chi connectivity index (χ3v) is 5.22. The van der Waals surface area contributed by atoms with Gasteiger partial charge in [0, 0.05) is 12.1 Å². The summed E-state index contributed by atoms with van der Waals surface area (Å²) in [6.07, 6.45) is 14.9. The fourth-order valence-corrected chi connectivity index (χ4v) is 3.34. The molecule has 0 fully saturated rings. The Morgan fingerprint density at radius 2 is 1.28 bits per heavy atom. The molecule has 2 atom stereocenters. The topological polar surface area (TPSA) is 12.0 Å². The van der Waals surface area contributed by atoms with Crippen molar-refractivity contribution in [3.8, 4) is 0 Å². The molecular formula is C24H49N. The number of rotatable bonds is 14. The van der Waals surface area contributed by atoms with Crippen LogP contribution in [0.25, 0.3) is 0 Å². The van der Waals surface area contributed by atoms with Crippen LogP contribution in [0.4, 0.5) is 0 Å². The third kappa shape index (κ3) is 18.3. The molecule has 0 aromatic heterocycles. The van der Waals surface area contributed by atoms with Crippen molar-refractivity contribution in [2.45, 2.75) is 119 Å². The first kappa shape index (κ1) is 24.7. The van der Waals surface area contributed by atoms with Crippen LogP contribution in [0.1, 0.15) is 113 Å². The summed E-state index contributed by atoms with van der Waals surface area (Å²) in [5.74, 6) is 2.68. The summed E-state index contributed by atoms with van der Waals surface area (Å²) >= 11 is 0. The highest BCUT2D eigenvalue weighted by Crippen LogP contribution is 2.22. The van der Waals surface area contributed by atoms with Gasteiger partial charge in [-0.25, -0.2) is 0 Å². The Morgan fingerprint density at radius 1 is 0.800 bits per heavy atom. The van der Waals surface area contributed by atoms with Crippen LogP contribution in [0.2, 0.25) is 0 Å². The fraction of sp³-hybridized carbons (Fsp3) is 0.917. The molecule has 0 spiro atoms. The van der Waals surface area contributed by atoms with Gasteiger partial charge in [0.25, 0.3) is 0 Å². The normalized spacial score (nSPS) is 15.6. The number of hydrogen-bond acceptors (Lipinski definition) is 1. The molecule has 1 nitrogen and oxygen atoms in total. The Kier molecular flexibility index (Phi) is 13.7. The van der Waals surface area contributed by atoms with Gasteiger partial charge in [0.2, 0.25) is 0 Å². The summed E-state index contributed by atoms with van der Waals surface area (Å²) in [4.78, 5) is 0. The highest BCUT2D eigenvalue weighted by atomic mass is 14.9. The van der Waals surface area contributed by atoms with Gasteiger partial charge in [-0.15, -0.1) is 0 Å². The summed E-state index contributed by atoms with van der Waals surface area (Å²) in [6, 6.07) is 0. The first-order chi connectivity index (χ1) is 11.6. The maximum atomic E-state index is 3.53. The summed E-state index contributed by atoms with van der Waals surface area (Å²) in [5.41, 5.74) is 1.76. The molecule has 0 aliphatic heterocycles. The molecule has 150 valence electrons. The van der Waals surface area contributed by atoms with Crippen LogP contribution < -0.4 is 5.32 Å². The molecule has 0 aromatic carbocycles. The van der Waals surface area contributed by atoms with Gasteiger partial charge in [0.15, 0.2) is 0 Å². The Morgan fingerprint density at radius 3 is 1.76 bits per heavy atom. The Bertz CT molecular complexity index is 334. The highest BCUT2D eigenvalue weighted by Gasteiger charge is 2.08. The van der Waals surface area contributed by atoms with Crippen LogP contribution in [0, 0.1) is 17.8 Å². The molecule has 0 unspecified atom stereocenters. The lowest BCUT2D eigenvalue weighted by Crippen LogP contribution is -2.35. The van der Waals surface area contributed by atoms with Crippen LogP contribution in [-0.4, -0.2) is 12.1 Å². The summed E-state index contributed by atoms with van der Waals surface area (Å²) < 4.78 is 0. The van der Waals surface area contributed by atoms with Gasteiger partial charge in [-0.05, 0) is 58.3 Å². The van der Waals surface area contributed by atoms with E-state index in [-0.39, 0.29) is 5.54 Å². The average Bonchev–Trinajstić information content (AvgIpc) is 2.45. The Balaban J connectivity index is 3.66. The van der Waals surface area contributed by atoms with Gasteiger partial charge in [0.1, 0.15) is 0 Å². The fourth-order valence-electron chi connectivity index (χ4n) is 3.34. The smallest absolute Gasteiger partial charge is 0.0142 e. The van der Waals surface area contributed by atoms with Gasteiger partial charge in [0.05, 0.1) is 0 Å². The minimum absolute atomic E-state index is 0.219. The van der Waals surface area contributed by atoms with E-state index in [2.05, 4.69) is 66.8 Å². The molecule has 0 saturated heterocycles. The lowest BCUT2D eigenvalue weighted by atomic mass is 9.91. The third-order valence-electron chi connectivity index (χ3n) is 5.22. The zero-order valence-corrected chi connectivity index (χ0v) is 18.9. The highest BCUT2D eigenvalue weighted by molar-refractivity contribution is 4.99. The van der Waals surface area contributed by atoms with Crippen molar-refractivity contribution in [3.63, 3.8) is 0 Å². The second-order valence-electron chi connectivity index (χ2n) is 10.0. The lowest BCUT2D eigenvalue weighted by Gasteiger charge is -2.19. The average molecular weight is 352 g/mol. The van der Waals surface area contributed by atoms with Crippen LogP contribution in [0.3, 0.4) is 0 Å². The maximum absolute atomic E-state index is 3.53. The molecule has 0 saturated carbocycles. The van der Waals surface area contributed by atoms with Crippen LogP contribution in [-0.2, 0) is 0 Å². The zero-order chi connectivity index (χ0) is 19.3. The van der Waals surface area contributed by atoms with E-state index in [4.69, 9.17) is 0 Å². The van der Waals surface area contributed by atoms with Crippen molar-refractivity contribution in [1.82, 2.24) is 5.32 Å². The Hall–Kier alpha value is -0.300. The van der Waals surface area contributed by atoms with Gasteiger partial charge < -0.3 is 5.32 Å². The molecule has 1 N–H and O–H groups in total. The quantitative estimate of drug-likeness (QED) is 0.315. The van der Waals surface area contributed by atoms with Gasteiger partial charge in [-0.1, -0.05) is 84.3 Å². The van der Waals surface area contributed by atoms with Crippen LogP contribution in [0.5, 0.6) is 0 Å². The monoisotopic (exact) mass is 351 g/mol. The predicted octanol–water partition coefficient (Wildman–Crippen LogP) is 7.76. The minimum atomic E-state index is 0.219. The summed E-state index contributed by atoms with van der Waals surface area (Å²) in [7, 11) is 0. The van der Waals surface area contributed by atoms with Crippen LogP contribution in [0.15, 0.2) is 11.6 Å². The summed E-state index contributed by atoms with van der Waals surface area (Å²) in [5, 5.41) is 3.53. The van der Waals surface area contributed by atoms with E-state index in [1.165, 1.54) is 57.8 Å². The second kappa shape index (κ2) is 13.8. The number of allylic oxidation sites excluding steroid dienone is 1. The molecular weight excluding hydrogens is 302 g/mol. The van der Waals surface area contributed by atoms with E-state index in [0.29, 0.717) is 0 Å². The number of hydrogen-bond donors (Lipinski definition) is 1. The molecule has 0 aliphatic rings. The van der Waals surface area contributed by atoms with Gasteiger partial charge >= 0.3 is 0 Å². The minimum Gasteiger partial charge on any atom is -0.309 e. The van der Waals surface area contributed by atoms with Gasteiger partial charge in [-0.2, -0.15) is 0 Å². The SMILES string of the molecule is C/C(=C\CNC(C)(C)C)CCC[C@H](C)CCC[C@H](C)CCCC(C)C. The molecule has 0 heterocycles. The van der Waals surface area contributed by atoms with E-state index >= 15 is 0 Å². The molecule has 1 heteroatoms. The molecule has 25 heavy (non-hydrogen) atoms. The molecule has 0 aliphatic carbocycles. The van der Waals surface area contributed by atoms with Crippen LogP contribution >= 0.6 is 0 Å². The standard InChI is InChI=1S/C24H49N/c1-20(2)12-9-13-21(3)14-10-15-22(4)16-11-17-23(5)18-19-25-24(6,7)8/h18,20-22,25H,9-17,19H2,1-8H3/b23-18+/t21-,22-/m1/s1. The van der Waals surface area contributed by atoms with E-state index in [1.807, 2.05) is 0 Å². The van der Waals surface area contributed by atoms with E-state index in [0.717, 1.165) is 24.3 Å². The van der Waals surface area contributed by atoms with E-state index in [9.17, 15) is 0 Å². The van der Waals surface area contributed by atoms with Crippen molar-refractivity contribution in [3.05, 3.63) is 11.6 Å². The molecule has 0 rings (SSSR count). The number of nitrogens with one attached hydrogen (secondary N) is 1. The largest absolute Gasteiger partial charge is 0.309 e. The molecule has 0 amide bonds. The zero-order valence-electron chi connectivity index (χ0n) is 18.9. The lowest BCUT2D eigenvalue weighted by molar-refractivity contribution is 0.389. The first-order valence-corrected chi connectivity index (χ1v) is 11.0. The van der Waals surface area contributed by atoms with E-state index in [1.54, 1.807) is 5.57 Å². The van der Waals surface area contributed by atoms with Crippen molar-refractivity contribution in [2.75, 3.05) is 6.54 Å². The predicted molar refractivity (Wildman–Crippen MR) is 116 cm³/mol. The first-order valence-electron chi connectivity index (χ1n) is 11.0. The van der Waals surface area contributed by atoms with Crippen molar-refractivity contribution < 1.29 is 0 Å². The molecule has 0 aromatic rings. The Labute approximate surface area is 160 Å². The van der Waals surface area contributed by atoms with Crippen molar-refractivity contribution in [2.24, 2.45) is 17.8 Å². The molecule has 0 bridgehead atoms. The van der Waals surface area contributed by atoms with E-state index < -0.39 is 0 Å². The van der Waals surface area contributed by atoms with Crippen molar-refractivity contribution in [1.29, 1.82) is 0 Å². The maximum Gasteiger partial charge on any atom is 0.0142 e. The molecule has 0 radical (unpaired) electrons. The van der Waals surface area contributed by atoms with Crippen molar-refractivity contribution >= 4 is 0 Å². The van der Waals surface area contributed by atoms with Gasteiger partial charge in [-0.3, -0.25) is 0 Å².